The van der Waals surface area contributed by atoms with Gasteiger partial charge in [-0.15, -0.1) is 0 Å². The molecule has 4 rings (SSSR count). The number of carbonyl (C=O) groups is 3. The average Bonchev–Trinajstić information content (AvgIpc) is 3.37. The number of hydrogen-bond donors (Lipinski definition) is 1. The van der Waals surface area contributed by atoms with E-state index in [0.29, 0.717) is 26.1 Å². The molecule has 33 heavy (non-hydrogen) atoms. The number of fused-ring (bicyclic) bond motifs is 1. The zero-order valence-electron chi connectivity index (χ0n) is 19.6. The second kappa shape index (κ2) is 10.8. The molecule has 1 aromatic rings. The van der Waals surface area contributed by atoms with Crippen molar-refractivity contribution >= 4 is 29.6 Å². The van der Waals surface area contributed by atoms with Gasteiger partial charge in [0.05, 0.1) is 13.1 Å². The predicted octanol–water partition coefficient (Wildman–Crippen LogP) is 2.51. The second-order valence-corrected chi connectivity index (χ2v) is 9.96. The summed E-state index contributed by atoms with van der Waals surface area (Å²) in [6.45, 7) is 3.39. The van der Waals surface area contributed by atoms with Crippen LogP contribution >= 0.6 is 11.8 Å². The summed E-state index contributed by atoms with van der Waals surface area (Å²) in [6.07, 6.45) is 6.39. The summed E-state index contributed by atoms with van der Waals surface area (Å²) >= 11 is 1.68. The molecule has 2 saturated heterocycles. The van der Waals surface area contributed by atoms with Gasteiger partial charge in [-0.3, -0.25) is 9.59 Å². The van der Waals surface area contributed by atoms with Gasteiger partial charge in [-0.25, -0.2) is 14.8 Å². The summed E-state index contributed by atoms with van der Waals surface area (Å²) in [5.41, 5.74) is 1.02. The molecule has 1 aliphatic carbocycles. The topological polar surface area (TPSA) is 76.2 Å². The minimum atomic E-state index is -0.507. The van der Waals surface area contributed by atoms with Crippen molar-refractivity contribution in [2.75, 3.05) is 31.6 Å². The van der Waals surface area contributed by atoms with E-state index in [4.69, 9.17) is 0 Å². The van der Waals surface area contributed by atoms with Crippen LogP contribution in [0, 0.1) is 0 Å². The Morgan fingerprint density at radius 3 is 2.55 bits per heavy atom. The molecule has 1 saturated carbocycles. The van der Waals surface area contributed by atoms with Crippen molar-refractivity contribution in [2.24, 2.45) is 0 Å². The molecule has 0 unspecified atom stereocenters. The largest absolute Gasteiger partial charge is 0.334 e. The fraction of sp³-hybridized carbons (Fsp3) is 0.625. The van der Waals surface area contributed by atoms with Crippen molar-refractivity contribution in [3.63, 3.8) is 0 Å². The molecular weight excluding hydrogens is 438 g/mol. The molecule has 3 aliphatic rings. The quantitative estimate of drug-likeness (QED) is 0.659. The minimum absolute atomic E-state index is 0.0511. The Hall–Kier alpha value is -2.26. The van der Waals surface area contributed by atoms with E-state index in [1.807, 2.05) is 53.4 Å². The Bertz CT molecular complexity index is 848. The number of nitrogens with one attached hydrogen (secondary N) is 1. The molecule has 180 valence electrons. The molecule has 9 heteroatoms. The Balaban J connectivity index is 1.61. The van der Waals surface area contributed by atoms with Crippen LogP contribution in [0.1, 0.15) is 44.6 Å². The fourth-order valence-electron chi connectivity index (χ4n) is 5.33. The second-order valence-electron chi connectivity index (χ2n) is 8.98. The van der Waals surface area contributed by atoms with Crippen molar-refractivity contribution < 1.29 is 14.4 Å². The van der Waals surface area contributed by atoms with E-state index in [1.54, 1.807) is 21.7 Å². The van der Waals surface area contributed by atoms with E-state index < -0.39 is 12.2 Å². The fourth-order valence-corrected chi connectivity index (χ4v) is 5.79. The number of amides is 4. The molecule has 1 N–H and O–H groups in total. The van der Waals surface area contributed by atoms with Crippen LogP contribution in [0.5, 0.6) is 0 Å². The number of benzene rings is 1. The molecule has 0 bridgehead atoms. The molecule has 2 atom stereocenters. The van der Waals surface area contributed by atoms with Crippen LogP contribution in [-0.2, 0) is 16.1 Å². The normalized spacial score (nSPS) is 24.4. The summed E-state index contributed by atoms with van der Waals surface area (Å²) in [5.74, 6) is 0.776. The monoisotopic (exact) mass is 473 g/mol. The Morgan fingerprint density at radius 1 is 1.15 bits per heavy atom. The van der Waals surface area contributed by atoms with E-state index in [0.717, 1.165) is 37.0 Å². The van der Waals surface area contributed by atoms with Gasteiger partial charge in [-0.2, -0.15) is 11.8 Å². The van der Waals surface area contributed by atoms with Crippen LogP contribution in [0.4, 0.5) is 4.79 Å². The van der Waals surface area contributed by atoms with Crippen molar-refractivity contribution in [3.05, 3.63) is 35.9 Å². The highest BCUT2D eigenvalue weighted by Crippen LogP contribution is 2.33. The van der Waals surface area contributed by atoms with Crippen molar-refractivity contribution in [2.45, 2.75) is 63.8 Å². The summed E-state index contributed by atoms with van der Waals surface area (Å²) in [5, 5.41) is 6.55. The van der Waals surface area contributed by atoms with Crippen LogP contribution in [0.15, 0.2) is 30.3 Å². The lowest BCUT2D eigenvalue weighted by atomic mass is 10.0. The molecule has 0 aromatic heterocycles. The maximum absolute atomic E-state index is 13.5. The highest BCUT2D eigenvalue weighted by molar-refractivity contribution is 7.98. The van der Waals surface area contributed by atoms with E-state index >= 15 is 0 Å². The minimum Gasteiger partial charge on any atom is -0.334 e. The number of urea groups is 1. The lowest BCUT2D eigenvalue weighted by molar-refractivity contribution is -0.192. The van der Waals surface area contributed by atoms with E-state index in [2.05, 4.69) is 5.32 Å². The summed E-state index contributed by atoms with van der Waals surface area (Å²) < 4.78 is 0. The molecule has 0 radical (unpaired) electrons. The van der Waals surface area contributed by atoms with Gasteiger partial charge in [0.1, 0.15) is 12.2 Å². The highest BCUT2D eigenvalue weighted by atomic mass is 32.2. The van der Waals surface area contributed by atoms with E-state index in [9.17, 15) is 14.4 Å². The van der Waals surface area contributed by atoms with Gasteiger partial charge in [0, 0.05) is 19.1 Å². The summed E-state index contributed by atoms with van der Waals surface area (Å²) in [7, 11) is 0. The number of nitrogens with zero attached hydrogens (tertiary/aromatic N) is 4. The first-order valence-corrected chi connectivity index (χ1v) is 13.4. The number of piperazine rings is 1. The molecule has 2 aliphatic heterocycles. The Morgan fingerprint density at radius 2 is 1.88 bits per heavy atom. The molecule has 2 heterocycles. The van der Waals surface area contributed by atoms with Crippen molar-refractivity contribution in [1.82, 2.24) is 25.1 Å². The lowest BCUT2D eigenvalue weighted by Crippen LogP contribution is -2.77. The maximum Gasteiger partial charge on any atom is 0.334 e. The number of hydrazine groups is 1. The predicted molar refractivity (Wildman–Crippen MR) is 129 cm³/mol. The molecular formula is C24H35N5O3S. The Labute approximate surface area is 200 Å². The summed E-state index contributed by atoms with van der Waals surface area (Å²) in [4.78, 5) is 43.9. The number of hydrogen-bond acceptors (Lipinski definition) is 5. The lowest BCUT2D eigenvalue weighted by Gasteiger charge is -2.56. The standard InChI is InChI=1S/C24H35N5O3S/c1-3-26-17-22(30)28-20(13-14-33-2)23(31)27(19-11-7-8-12-19)16-21(28)29(26)24(32)25-15-18-9-5-4-6-10-18/h4-6,9-10,19-21H,3,7-8,11-17H2,1-2H3,(H,25,32)/t20-,21-/m0/s1. The molecule has 1 aromatic carbocycles. The van der Waals surface area contributed by atoms with Crippen LogP contribution in [0.2, 0.25) is 0 Å². The van der Waals surface area contributed by atoms with E-state index in [1.165, 1.54) is 0 Å². The van der Waals surface area contributed by atoms with Gasteiger partial charge in [0.15, 0.2) is 0 Å². The first kappa shape index (κ1) is 23.9. The highest BCUT2D eigenvalue weighted by Gasteiger charge is 2.52. The van der Waals surface area contributed by atoms with Crippen LogP contribution in [0.25, 0.3) is 0 Å². The molecule has 3 fully saturated rings. The van der Waals surface area contributed by atoms with Crippen molar-refractivity contribution in [3.8, 4) is 0 Å². The van der Waals surface area contributed by atoms with Gasteiger partial charge >= 0.3 is 6.03 Å². The zero-order valence-corrected chi connectivity index (χ0v) is 20.4. The first-order valence-electron chi connectivity index (χ1n) is 12.0. The Kier molecular flexibility index (Phi) is 7.80. The van der Waals surface area contributed by atoms with Gasteiger partial charge in [-0.05, 0) is 36.8 Å². The van der Waals surface area contributed by atoms with Crippen LogP contribution in [-0.4, -0.2) is 87.6 Å². The van der Waals surface area contributed by atoms with Gasteiger partial charge in [-0.1, -0.05) is 50.1 Å². The van der Waals surface area contributed by atoms with Gasteiger partial charge in [0.25, 0.3) is 0 Å². The van der Waals surface area contributed by atoms with E-state index in [-0.39, 0.29) is 30.4 Å². The van der Waals surface area contributed by atoms with Crippen LogP contribution in [0.3, 0.4) is 0 Å². The van der Waals surface area contributed by atoms with Crippen LogP contribution < -0.4 is 5.32 Å². The number of rotatable bonds is 7. The third-order valence-corrected chi connectivity index (χ3v) is 7.64. The maximum atomic E-state index is 13.5. The smallest absolute Gasteiger partial charge is 0.334 e. The average molecular weight is 474 g/mol. The van der Waals surface area contributed by atoms with Gasteiger partial charge in [0.2, 0.25) is 11.8 Å². The zero-order chi connectivity index (χ0) is 23.4. The first-order chi connectivity index (χ1) is 16.0. The number of thioether (sulfide) groups is 1. The van der Waals surface area contributed by atoms with Gasteiger partial charge < -0.3 is 15.1 Å². The SMILES string of the molecule is CCN1CC(=O)N2[C@@H](CCSC)C(=O)N(C3CCCC3)C[C@@H]2N1C(=O)NCc1ccccc1. The molecule has 8 nitrogen and oxygen atoms in total. The number of carbonyl (C=O) groups excluding carboxylic acids is 3. The number of likely N-dealkylation sites (N-methyl/N-ethyl adjacent to an activating group) is 1. The third kappa shape index (κ3) is 4.99. The molecule has 4 amide bonds. The van der Waals surface area contributed by atoms with Crippen molar-refractivity contribution in [1.29, 1.82) is 0 Å². The third-order valence-electron chi connectivity index (χ3n) is 7.00. The summed E-state index contributed by atoms with van der Waals surface area (Å²) in [6, 6.07) is 9.27. The molecule has 0 spiro atoms.